The monoisotopic (exact) mass is 225 g/mol. The summed E-state index contributed by atoms with van der Waals surface area (Å²) in [7, 11) is 0. The molecule has 0 radical (unpaired) electrons. The summed E-state index contributed by atoms with van der Waals surface area (Å²) in [4.78, 5) is 14.4. The summed E-state index contributed by atoms with van der Waals surface area (Å²) >= 11 is 1.73. The van der Waals surface area contributed by atoms with E-state index in [4.69, 9.17) is 5.11 Å². The van der Waals surface area contributed by atoms with Crippen molar-refractivity contribution in [2.45, 2.75) is 32.4 Å². The van der Waals surface area contributed by atoms with Gasteiger partial charge in [0.15, 0.2) is 0 Å². The SMILES string of the molecule is CCC(C(=O)O)N1CCc2ccsc2C1. The number of rotatable bonds is 3. The van der Waals surface area contributed by atoms with Gasteiger partial charge in [-0.3, -0.25) is 9.69 Å². The summed E-state index contributed by atoms with van der Waals surface area (Å²) in [5.74, 6) is -0.697. The van der Waals surface area contributed by atoms with Crippen molar-refractivity contribution in [3.8, 4) is 0 Å². The Labute approximate surface area is 93.3 Å². The fraction of sp³-hybridized carbons (Fsp3) is 0.545. The van der Waals surface area contributed by atoms with Gasteiger partial charge in [-0.05, 0) is 29.9 Å². The third kappa shape index (κ3) is 2.06. The molecule has 0 bridgehead atoms. The van der Waals surface area contributed by atoms with Crippen molar-refractivity contribution in [1.29, 1.82) is 0 Å². The van der Waals surface area contributed by atoms with Crippen LogP contribution >= 0.6 is 11.3 Å². The molecule has 82 valence electrons. The van der Waals surface area contributed by atoms with E-state index >= 15 is 0 Å². The predicted molar refractivity (Wildman–Crippen MR) is 60.1 cm³/mol. The number of hydrogen-bond donors (Lipinski definition) is 1. The van der Waals surface area contributed by atoms with Crippen LogP contribution < -0.4 is 0 Å². The van der Waals surface area contributed by atoms with Crippen molar-refractivity contribution in [1.82, 2.24) is 4.90 Å². The highest BCUT2D eigenvalue weighted by atomic mass is 32.1. The summed E-state index contributed by atoms with van der Waals surface area (Å²) < 4.78 is 0. The van der Waals surface area contributed by atoms with E-state index in [1.54, 1.807) is 11.3 Å². The van der Waals surface area contributed by atoms with Crippen LogP contribution in [0.25, 0.3) is 0 Å². The van der Waals surface area contributed by atoms with Gasteiger partial charge in [-0.1, -0.05) is 6.92 Å². The normalized spacial score (nSPS) is 18.5. The molecule has 1 atom stereocenters. The van der Waals surface area contributed by atoms with E-state index < -0.39 is 5.97 Å². The van der Waals surface area contributed by atoms with Crippen molar-refractivity contribution in [3.05, 3.63) is 21.9 Å². The lowest BCUT2D eigenvalue weighted by molar-refractivity contribution is -0.143. The molecule has 2 heterocycles. The topological polar surface area (TPSA) is 40.5 Å². The maximum atomic E-state index is 11.0. The van der Waals surface area contributed by atoms with Crippen LogP contribution in [0.2, 0.25) is 0 Å². The first kappa shape index (κ1) is 10.6. The van der Waals surface area contributed by atoms with Crippen molar-refractivity contribution in [3.63, 3.8) is 0 Å². The highest BCUT2D eigenvalue weighted by molar-refractivity contribution is 7.10. The second-order valence-electron chi connectivity index (χ2n) is 3.85. The average Bonchev–Trinajstić information content (AvgIpc) is 2.65. The molecule has 1 N–H and O–H groups in total. The molecule has 0 fully saturated rings. The molecule has 0 aliphatic carbocycles. The number of hydrogen-bond acceptors (Lipinski definition) is 3. The molecule has 15 heavy (non-hydrogen) atoms. The predicted octanol–water partition coefficient (Wildman–Crippen LogP) is 1.97. The summed E-state index contributed by atoms with van der Waals surface area (Å²) in [6.45, 7) is 3.61. The van der Waals surface area contributed by atoms with Gasteiger partial charge in [0.2, 0.25) is 0 Å². The molecule has 1 unspecified atom stereocenters. The van der Waals surface area contributed by atoms with Crippen molar-refractivity contribution < 1.29 is 9.90 Å². The molecule has 0 aromatic carbocycles. The lowest BCUT2D eigenvalue weighted by Crippen LogP contribution is -2.43. The fourth-order valence-corrected chi connectivity index (χ4v) is 3.07. The molecule has 2 rings (SSSR count). The highest BCUT2D eigenvalue weighted by Gasteiger charge is 2.27. The third-order valence-corrected chi connectivity index (χ3v) is 3.91. The Kier molecular flexibility index (Phi) is 3.07. The van der Waals surface area contributed by atoms with Crippen LogP contribution in [0, 0.1) is 0 Å². The Morgan fingerprint density at radius 3 is 3.20 bits per heavy atom. The Balaban J connectivity index is 2.11. The standard InChI is InChI=1S/C11H15NO2S/c1-2-9(11(13)14)12-5-3-8-4-6-15-10(8)7-12/h4,6,9H,2-3,5,7H2,1H3,(H,13,14). The van der Waals surface area contributed by atoms with Crippen LogP contribution in [-0.2, 0) is 17.8 Å². The van der Waals surface area contributed by atoms with E-state index in [2.05, 4.69) is 16.3 Å². The number of fused-ring (bicyclic) bond motifs is 1. The molecule has 1 aromatic rings. The van der Waals surface area contributed by atoms with Gasteiger partial charge in [0.25, 0.3) is 0 Å². The van der Waals surface area contributed by atoms with Gasteiger partial charge in [0, 0.05) is 18.0 Å². The summed E-state index contributed by atoms with van der Waals surface area (Å²) in [6, 6.07) is 1.83. The van der Waals surface area contributed by atoms with Gasteiger partial charge in [-0.15, -0.1) is 11.3 Å². The largest absolute Gasteiger partial charge is 0.480 e. The van der Waals surface area contributed by atoms with Gasteiger partial charge >= 0.3 is 5.97 Å². The number of carboxylic acid groups (broad SMARTS) is 1. The van der Waals surface area contributed by atoms with Crippen molar-refractivity contribution >= 4 is 17.3 Å². The van der Waals surface area contributed by atoms with E-state index in [-0.39, 0.29) is 6.04 Å². The molecule has 1 aliphatic heterocycles. The lowest BCUT2D eigenvalue weighted by atomic mass is 10.1. The Hall–Kier alpha value is -0.870. The molecule has 1 aromatic heterocycles. The minimum Gasteiger partial charge on any atom is -0.480 e. The zero-order valence-corrected chi connectivity index (χ0v) is 9.59. The maximum absolute atomic E-state index is 11.0. The average molecular weight is 225 g/mol. The van der Waals surface area contributed by atoms with Crippen LogP contribution in [0.1, 0.15) is 23.8 Å². The first-order valence-corrected chi connectivity index (χ1v) is 6.12. The second kappa shape index (κ2) is 4.33. The summed E-state index contributed by atoms with van der Waals surface area (Å²) in [5.41, 5.74) is 1.40. The van der Waals surface area contributed by atoms with Crippen molar-refractivity contribution in [2.24, 2.45) is 0 Å². The summed E-state index contributed by atoms with van der Waals surface area (Å²) in [5, 5.41) is 11.2. The van der Waals surface area contributed by atoms with E-state index in [0.717, 1.165) is 19.5 Å². The van der Waals surface area contributed by atoms with Crippen LogP contribution in [-0.4, -0.2) is 28.6 Å². The zero-order valence-electron chi connectivity index (χ0n) is 8.77. The van der Waals surface area contributed by atoms with Gasteiger partial charge in [-0.2, -0.15) is 0 Å². The molecule has 0 spiro atoms. The first-order chi connectivity index (χ1) is 7.22. The number of carbonyl (C=O) groups is 1. The Bertz CT molecular complexity index is 361. The van der Waals surface area contributed by atoms with Crippen molar-refractivity contribution in [2.75, 3.05) is 6.54 Å². The van der Waals surface area contributed by atoms with E-state index in [0.29, 0.717) is 6.42 Å². The molecule has 0 saturated carbocycles. The zero-order chi connectivity index (χ0) is 10.8. The number of thiophene rings is 1. The Morgan fingerprint density at radius 2 is 2.53 bits per heavy atom. The number of aliphatic carboxylic acids is 1. The molecular formula is C11H15NO2S. The number of nitrogens with zero attached hydrogens (tertiary/aromatic N) is 1. The quantitative estimate of drug-likeness (QED) is 0.855. The minimum atomic E-state index is -0.697. The van der Waals surface area contributed by atoms with Crippen LogP contribution in [0.3, 0.4) is 0 Å². The van der Waals surface area contributed by atoms with E-state index in [1.807, 2.05) is 6.92 Å². The lowest BCUT2D eigenvalue weighted by Gasteiger charge is -2.31. The molecule has 4 heteroatoms. The van der Waals surface area contributed by atoms with Gasteiger partial charge in [0.1, 0.15) is 6.04 Å². The molecule has 3 nitrogen and oxygen atoms in total. The first-order valence-electron chi connectivity index (χ1n) is 5.24. The van der Waals surface area contributed by atoms with Crippen LogP contribution in [0.4, 0.5) is 0 Å². The van der Waals surface area contributed by atoms with E-state index in [1.165, 1.54) is 10.4 Å². The van der Waals surface area contributed by atoms with Gasteiger partial charge in [-0.25, -0.2) is 0 Å². The summed E-state index contributed by atoms with van der Waals surface area (Å²) in [6.07, 6.45) is 1.67. The molecular weight excluding hydrogens is 210 g/mol. The second-order valence-corrected chi connectivity index (χ2v) is 4.85. The molecule has 1 aliphatic rings. The van der Waals surface area contributed by atoms with E-state index in [9.17, 15) is 4.79 Å². The number of carboxylic acids is 1. The van der Waals surface area contributed by atoms with Gasteiger partial charge in [0.05, 0.1) is 0 Å². The smallest absolute Gasteiger partial charge is 0.320 e. The third-order valence-electron chi connectivity index (χ3n) is 2.97. The fourth-order valence-electron chi connectivity index (χ4n) is 2.11. The molecule has 0 saturated heterocycles. The van der Waals surface area contributed by atoms with Gasteiger partial charge < -0.3 is 5.11 Å². The maximum Gasteiger partial charge on any atom is 0.320 e. The van der Waals surface area contributed by atoms with Crippen LogP contribution in [0.15, 0.2) is 11.4 Å². The Morgan fingerprint density at radius 1 is 1.73 bits per heavy atom. The van der Waals surface area contributed by atoms with Crippen LogP contribution in [0.5, 0.6) is 0 Å². The molecule has 0 amide bonds. The highest BCUT2D eigenvalue weighted by Crippen LogP contribution is 2.25. The minimum absolute atomic E-state index is 0.319.